The fourth-order valence-electron chi connectivity index (χ4n) is 2.75. The van der Waals surface area contributed by atoms with Crippen molar-refractivity contribution in [1.82, 2.24) is 10.2 Å². The third-order valence-electron chi connectivity index (χ3n) is 4.10. The lowest BCUT2D eigenvalue weighted by molar-refractivity contribution is 0.0862. The minimum Gasteiger partial charge on any atom is -0.315 e. The van der Waals surface area contributed by atoms with Crippen LogP contribution in [-0.2, 0) is 0 Å². The van der Waals surface area contributed by atoms with Crippen LogP contribution in [0.25, 0.3) is 0 Å². The van der Waals surface area contributed by atoms with E-state index in [1.165, 1.54) is 39.0 Å². The molecule has 2 saturated heterocycles. The lowest BCUT2D eigenvalue weighted by atomic mass is 9.82. The molecule has 2 aliphatic rings. The first-order valence-corrected chi connectivity index (χ1v) is 6.03. The molecule has 14 heavy (non-hydrogen) atoms. The number of piperidine rings is 1. The second-order valence-electron chi connectivity index (χ2n) is 5.90. The predicted molar refractivity (Wildman–Crippen MR) is 60.4 cm³/mol. The van der Waals surface area contributed by atoms with Crippen molar-refractivity contribution in [1.29, 1.82) is 0 Å². The van der Waals surface area contributed by atoms with E-state index in [2.05, 4.69) is 31.0 Å². The molecular weight excluding hydrogens is 172 g/mol. The zero-order chi connectivity index (χ0) is 10.2. The van der Waals surface area contributed by atoms with Crippen molar-refractivity contribution < 1.29 is 0 Å². The summed E-state index contributed by atoms with van der Waals surface area (Å²) in [4.78, 5) is 2.70. The molecule has 0 radical (unpaired) electrons. The molecule has 0 aromatic heterocycles. The molecule has 0 aliphatic carbocycles. The number of nitrogens with zero attached hydrogens (tertiary/aromatic N) is 1. The van der Waals surface area contributed by atoms with Gasteiger partial charge in [-0.1, -0.05) is 20.8 Å². The largest absolute Gasteiger partial charge is 0.315 e. The fraction of sp³-hybridized carbons (Fsp3) is 1.00. The van der Waals surface area contributed by atoms with Crippen LogP contribution in [0.5, 0.6) is 0 Å². The highest BCUT2D eigenvalue weighted by Gasteiger charge is 2.33. The first kappa shape index (κ1) is 10.4. The maximum absolute atomic E-state index is 3.50. The number of hydrogen-bond acceptors (Lipinski definition) is 2. The first-order chi connectivity index (χ1) is 6.58. The summed E-state index contributed by atoms with van der Waals surface area (Å²) in [5.41, 5.74) is 0.589. The molecule has 0 aromatic carbocycles. The molecule has 2 unspecified atom stereocenters. The van der Waals surface area contributed by atoms with Gasteiger partial charge in [0.05, 0.1) is 0 Å². The van der Waals surface area contributed by atoms with E-state index in [1.807, 2.05) is 0 Å². The summed E-state index contributed by atoms with van der Waals surface area (Å²) in [5.74, 6) is 0.844. The van der Waals surface area contributed by atoms with Crippen molar-refractivity contribution in [2.45, 2.75) is 39.7 Å². The van der Waals surface area contributed by atoms with Crippen LogP contribution in [0, 0.1) is 11.3 Å². The number of rotatable bonds is 1. The van der Waals surface area contributed by atoms with Gasteiger partial charge >= 0.3 is 0 Å². The van der Waals surface area contributed by atoms with E-state index in [4.69, 9.17) is 0 Å². The minimum atomic E-state index is 0.589. The average molecular weight is 196 g/mol. The Morgan fingerprint density at radius 2 is 1.79 bits per heavy atom. The Labute approximate surface area is 88.1 Å². The van der Waals surface area contributed by atoms with Gasteiger partial charge in [-0.15, -0.1) is 0 Å². The molecule has 2 nitrogen and oxygen atoms in total. The Morgan fingerprint density at radius 3 is 2.29 bits per heavy atom. The van der Waals surface area contributed by atoms with E-state index in [1.54, 1.807) is 0 Å². The van der Waals surface area contributed by atoms with Crippen LogP contribution in [0.3, 0.4) is 0 Å². The van der Waals surface area contributed by atoms with Gasteiger partial charge in [0.2, 0.25) is 0 Å². The normalized spacial score (nSPS) is 38.8. The van der Waals surface area contributed by atoms with Crippen LogP contribution in [0.1, 0.15) is 33.6 Å². The molecule has 0 amide bonds. The highest BCUT2D eigenvalue weighted by Crippen LogP contribution is 2.31. The van der Waals surface area contributed by atoms with Crippen LogP contribution in [0.15, 0.2) is 0 Å². The molecule has 2 heteroatoms. The maximum Gasteiger partial charge on any atom is 0.0258 e. The Bertz CT molecular complexity index is 190. The SMILES string of the molecule is CC1CNCC1N1CCC(C)(C)CC1. The molecule has 2 atom stereocenters. The highest BCUT2D eigenvalue weighted by molar-refractivity contribution is 4.90. The predicted octanol–water partition coefficient (Wildman–Crippen LogP) is 1.72. The Kier molecular flexibility index (Phi) is 2.85. The molecule has 82 valence electrons. The quantitative estimate of drug-likeness (QED) is 0.687. The van der Waals surface area contributed by atoms with Gasteiger partial charge in [-0.05, 0) is 43.8 Å². The van der Waals surface area contributed by atoms with E-state index >= 15 is 0 Å². The molecule has 2 rings (SSSR count). The summed E-state index contributed by atoms with van der Waals surface area (Å²) in [6.07, 6.45) is 2.74. The zero-order valence-corrected chi connectivity index (χ0v) is 9.84. The third kappa shape index (κ3) is 2.12. The lowest BCUT2D eigenvalue weighted by Gasteiger charge is -2.41. The van der Waals surface area contributed by atoms with Crippen LogP contribution >= 0.6 is 0 Å². The van der Waals surface area contributed by atoms with Crippen molar-refractivity contribution in [2.24, 2.45) is 11.3 Å². The van der Waals surface area contributed by atoms with E-state index < -0.39 is 0 Å². The van der Waals surface area contributed by atoms with Gasteiger partial charge in [-0.25, -0.2) is 0 Å². The van der Waals surface area contributed by atoms with Crippen LogP contribution in [0.4, 0.5) is 0 Å². The van der Waals surface area contributed by atoms with Gasteiger partial charge in [0.1, 0.15) is 0 Å². The molecule has 0 bridgehead atoms. The van der Waals surface area contributed by atoms with Gasteiger partial charge in [-0.3, -0.25) is 4.90 Å². The Balaban J connectivity index is 1.89. The smallest absolute Gasteiger partial charge is 0.0258 e. The molecule has 0 aromatic rings. The molecule has 0 spiro atoms. The van der Waals surface area contributed by atoms with Crippen molar-refractivity contribution >= 4 is 0 Å². The summed E-state index contributed by atoms with van der Waals surface area (Å²) in [6.45, 7) is 12.2. The summed E-state index contributed by atoms with van der Waals surface area (Å²) in [5, 5.41) is 3.50. The van der Waals surface area contributed by atoms with Gasteiger partial charge in [0.15, 0.2) is 0 Å². The topological polar surface area (TPSA) is 15.3 Å². The van der Waals surface area contributed by atoms with Crippen molar-refractivity contribution in [3.05, 3.63) is 0 Å². The molecule has 2 aliphatic heterocycles. The molecule has 2 fully saturated rings. The van der Waals surface area contributed by atoms with E-state index in [0.717, 1.165) is 12.0 Å². The van der Waals surface area contributed by atoms with Crippen LogP contribution < -0.4 is 5.32 Å². The molecule has 1 N–H and O–H groups in total. The number of nitrogens with one attached hydrogen (secondary N) is 1. The molecule has 0 saturated carbocycles. The summed E-state index contributed by atoms with van der Waals surface area (Å²) in [6, 6.07) is 0.811. The summed E-state index contributed by atoms with van der Waals surface area (Å²) < 4.78 is 0. The lowest BCUT2D eigenvalue weighted by Crippen LogP contribution is -2.46. The summed E-state index contributed by atoms with van der Waals surface area (Å²) >= 11 is 0. The van der Waals surface area contributed by atoms with Gasteiger partial charge in [0.25, 0.3) is 0 Å². The maximum atomic E-state index is 3.50. The van der Waals surface area contributed by atoms with Crippen LogP contribution in [0.2, 0.25) is 0 Å². The fourth-order valence-corrected chi connectivity index (χ4v) is 2.75. The van der Waals surface area contributed by atoms with E-state index in [0.29, 0.717) is 5.41 Å². The van der Waals surface area contributed by atoms with Crippen molar-refractivity contribution in [3.8, 4) is 0 Å². The highest BCUT2D eigenvalue weighted by atomic mass is 15.2. The number of likely N-dealkylation sites (tertiary alicyclic amines) is 1. The zero-order valence-electron chi connectivity index (χ0n) is 9.84. The van der Waals surface area contributed by atoms with E-state index in [-0.39, 0.29) is 0 Å². The Morgan fingerprint density at radius 1 is 1.14 bits per heavy atom. The van der Waals surface area contributed by atoms with Crippen molar-refractivity contribution in [3.63, 3.8) is 0 Å². The van der Waals surface area contributed by atoms with Gasteiger partial charge in [0, 0.05) is 12.6 Å². The number of hydrogen-bond donors (Lipinski definition) is 1. The third-order valence-corrected chi connectivity index (χ3v) is 4.10. The molecule has 2 heterocycles. The van der Waals surface area contributed by atoms with E-state index in [9.17, 15) is 0 Å². The summed E-state index contributed by atoms with van der Waals surface area (Å²) in [7, 11) is 0. The second-order valence-corrected chi connectivity index (χ2v) is 5.90. The second kappa shape index (κ2) is 3.82. The van der Waals surface area contributed by atoms with Crippen LogP contribution in [-0.4, -0.2) is 37.1 Å². The monoisotopic (exact) mass is 196 g/mol. The van der Waals surface area contributed by atoms with Gasteiger partial charge in [-0.2, -0.15) is 0 Å². The average Bonchev–Trinajstić information content (AvgIpc) is 2.52. The molecular formula is C12H24N2. The standard InChI is InChI=1S/C12H24N2/c1-10-8-13-9-11(10)14-6-4-12(2,3)5-7-14/h10-11,13H,4-9H2,1-3H3. The Hall–Kier alpha value is -0.0800. The van der Waals surface area contributed by atoms with Crippen molar-refractivity contribution in [2.75, 3.05) is 26.2 Å². The van der Waals surface area contributed by atoms with Gasteiger partial charge < -0.3 is 5.32 Å². The minimum absolute atomic E-state index is 0.589. The first-order valence-electron chi connectivity index (χ1n) is 6.03.